The average molecular weight is 462 g/mol. The SMILES string of the molecule is CC[C@H](C)OC(=O)C1=C(C)NC2=C(C(=O)C[C@@H](c3ccc(OC)cc3)C2)[C@@H]1c1ccc(O)cc1. The van der Waals surface area contributed by atoms with Gasteiger partial charge in [-0.1, -0.05) is 31.2 Å². The highest BCUT2D eigenvalue weighted by molar-refractivity contribution is 6.04. The lowest BCUT2D eigenvalue weighted by atomic mass is 9.71. The molecule has 0 aromatic heterocycles. The van der Waals surface area contributed by atoms with Crippen LogP contribution in [0.3, 0.4) is 0 Å². The van der Waals surface area contributed by atoms with Crippen molar-refractivity contribution in [2.24, 2.45) is 0 Å². The molecule has 0 bridgehead atoms. The van der Waals surface area contributed by atoms with E-state index >= 15 is 0 Å². The highest BCUT2D eigenvalue weighted by atomic mass is 16.5. The van der Waals surface area contributed by atoms with Crippen molar-refractivity contribution >= 4 is 11.8 Å². The molecule has 6 heteroatoms. The molecule has 4 rings (SSSR count). The molecule has 0 saturated heterocycles. The van der Waals surface area contributed by atoms with E-state index in [2.05, 4.69) is 5.32 Å². The lowest BCUT2D eigenvalue weighted by Crippen LogP contribution is -2.36. The van der Waals surface area contributed by atoms with Gasteiger partial charge >= 0.3 is 5.97 Å². The molecule has 6 nitrogen and oxygen atoms in total. The second-order valence-corrected chi connectivity index (χ2v) is 9.01. The van der Waals surface area contributed by atoms with Gasteiger partial charge in [0, 0.05) is 29.3 Å². The molecule has 2 aliphatic rings. The van der Waals surface area contributed by atoms with Gasteiger partial charge in [0.25, 0.3) is 0 Å². The van der Waals surface area contributed by atoms with Gasteiger partial charge in [-0.2, -0.15) is 0 Å². The van der Waals surface area contributed by atoms with Gasteiger partial charge in [0.1, 0.15) is 11.5 Å². The smallest absolute Gasteiger partial charge is 0.337 e. The molecular formula is C28H31NO5. The average Bonchev–Trinajstić information content (AvgIpc) is 2.83. The standard InChI is InChI=1S/C28H31NO5/c1-5-16(2)34-28(32)25-17(3)29-23-14-20(18-8-12-22(33-4)13-9-18)15-24(31)27(23)26(25)19-6-10-21(30)11-7-19/h6-13,16,20,26,29-30H,5,14-15H2,1-4H3/t16-,20-,26+/m0/s1. The molecule has 34 heavy (non-hydrogen) atoms. The van der Waals surface area contributed by atoms with E-state index in [0.717, 1.165) is 22.6 Å². The summed E-state index contributed by atoms with van der Waals surface area (Å²) in [5, 5.41) is 13.2. The van der Waals surface area contributed by atoms with Crippen molar-refractivity contribution in [3.8, 4) is 11.5 Å². The highest BCUT2D eigenvalue weighted by Gasteiger charge is 2.41. The number of nitrogens with one attached hydrogen (secondary N) is 1. The number of phenolic OH excluding ortho intramolecular Hbond substituents is 1. The molecule has 1 aliphatic carbocycles. The first-order valence-corrected chi connectivity index (χ1v) is 11.7. The maximum atomic E-state index is 13.6. The number of carbonyl (C=O) groups is 2. The number of methoxy groups -OCH3 is 1. The zero-order valence-corrected chi connectivity index (χ0v) is 20.1. The third-order valence-electron chi connectivity index (χ3n) is 6.74. The van der Waals surface area contributed by atoms with Crippen LogP contribution in [0.4, 0.5) is 0 Å². The van der Waals surface area contributed by atoms with Crippen molar-refractivity contribution in [1.29, 1.82) is 0 Å². The Morgan fingerprint density at radius 2 is 1.74 bits per heavy atom. The van der Waals surface area contributed by atoms with Gasteiger partial charge < -0.3 is 19.9 Å². The van der Waals surface area contributed by atoms with E-state index in [1.54, 1.807) is 31.4 Å². The summed E-state index contributed by atoms with van der Waals surface area (Å²) in [6.45, 7) is 5.67. The van der Waals surface area contributed by atoms with E-state index < -0.39 is 11.9 Å². The number of benzene rings is 2. The molecule has 0 saturated carbocycles. The topological polar surface area (TPSA) is 84.9 Å². The van der Waals surface area contributed by atoms with Gasteiger partial charge in [0.05, 0.1) is 18.8 Å². The number of ketones is 1. The molecule has 1 aliphatic heterocycles. The van der Waals surface area contributed by atoms with Crippen LogP contribution in [-0.2, 0) is 14.3 Å². The number of dihydropyridines is 1. The van der Waals surface area contributed by atoms with Crippen molar-refractivity contribution in [2.45, 2.75) is 58.0 Å². The van der Waals surface area contributed by atoms with Crippen molar-refractivity contribution in [1.82, 2.24) is 5.32 Å². The first-order valence-electron chi connectivity index (χ1n) is 11.7. The van der Waals surface area contributed by atoms with Crippen LogP contribution in [0.1, 0.15) is 63.0 Å². The maximum Gasteiger partial charge on any atom is 0.337 e. The summed E-state index contributed by atoms with van der Waals surface area (Å²) in [5.74, 6) is -0.0182. The second kappa shape index (κ2) is 9.75. The largest absolute Gasteiger partial charge is 0.508 e. The molecule has 0 spiro atoms. The predicted octanol–water partition coefficient (Wildman–Crippen LogP) is 5.10. The molecule has 178 valence electrons. The van der Waals surface area contributed by atoms with E-state index in [-0.39, 0.29) is 23.6 Å². The minimum atomic E-state index is -0.544. The quantitative estimate of drug-likeness (QED) is 0.582. The number of esters is 1. The van der Waals surface area contributed by atoms with Gasteiger partial charge in [-0.15, -0.1) is 0 Å². The van der Waals surface area contributed by atoms with E-state index in [1.165, 1.54) is 0 Å². The Bertz CT molecular complexity index is 1140. The number of rotatable bonds is 6. The van der Waals surface area contributed by atoms with Crippen LogP contribution in [0, 0.1) is 0 Å². The second-order valence-electron chi connectivity index (χ2n) is 9.01. The first-order chi connectivity index (χ1) is 16.3. The lowest BCUT2D eigenvalue weighted by Gasteiger charge is -2.37. The summed E-state index contributed by atoms with van der Waals surface area (Å²) in [5.41, 5.74) is 4.44. The number of carbonyl (C=O) groups excluding carboxylic acids is 2. The van der Waals surface area contributed by atoms with Gasteiger partial charge in [0.2, 0.25) is 0 Å². The minimum Gasteiger partial charge on any atom is -0.508 e. The number of aromatic hydroxyl groups is 1. The van der Waals surface area contributed by atoms with Gasteiger partial charge in [-0.25, -0.2) is 4.79 Å². The molecule has 2 aromatic rings. The summed E-state index contributed by atoms with van der Waals surface area (Å²) in [7, 11) is 1.63. The van der Waals surface area contributed by atoms with Crippen LogP contribution in [0.5, 0.6) is 11.5 Å². The van der Waals surface area contributed by atoms with E-state index in [1.807, 2.05) is 45.0 Å². The zero-order valence-electron chi connectivity index (χ0n) is 20.1. The summed E-state index contributed by atoms with van der Waals surface area (Å²) in [6, 6.07) is 14.5. The van der Waals surface area contributed by atoms with Crippen LogP contribution in [0.2, 0.25) is 0 Å². The normalized spacial score (nSPS) is 21.0. The monoisotopic (exact) mass is 461 g/mol. The number of ether oxygens (including phenoxy) is 2. The van der Waals surface area contributed by atoms with Crippen LogP contribution in [0.15, 0.2) is 71.1 Å². The Morgan fingerprint density at radius 1 is 1.09 bits per heavy atom. The number of allylic oxidation sites excluding steroid dienone is 3. The summed E-state index contributed by atoms with van der Waals surface area (Å²) in [6.07, 6.45) is 1.48. The molecule has 2 aromatic carbocycles. The Labute approximate surface area is 200 Å². The van der Waals surface area contributed by atoms with E-state index in [9.17, 15) is 14.7 Å². The highest BCUT2D eigenvalue weighted by Crippen LogP contribution is 2.46. The van der Waals surface area contributed by atoms with Crippen molar-refractivity contribution in [3.63, 3.8) is 0 Å². The predicted molar refractivity (Wildman–Crippen MR) is 130 cm³/mol. The fraction of sp³-hybridized carbons (Fsp3) is 0.357. The molecule has 0 radical (unpaired) electrons. The van der Waals surface area contributed by atoms with Crippen LogP contribution >= 0.6 is 0 Å². The third kappa shape index (κ3) is 4.58. The fourth-order valence-corrected chi connectivity index (χ4v) is 4.75. The summed E-state index contributed by atoms with van der Waals surface area (Å²) in [4.78, 5) is 26.8. The Morgan fingerprint density at radius 3 is 2.35 bits per heavy atom. The van der Waals surface area contributed by atoms with Crippen LogP contribution in [0.25, 0.3) is 0 Å². The zero-order chi connectivity index (χ0) is 24.4. The van der Waals surface area contributed by atoms with Crippen molar-refractivity contribution in [3.05, 3.63) is 82.2 Å². The molecular weight excluding hydrogens is 430 g/mol. The molecule has 1 heterocycles. The molecule has 0 unspecified atom stereocenters. The number of hydrogen-bond donors (Lipinski definition) is 2. The van der Waals surface area contributed by atoms with Crippen molar-refractivity contribution in [2.75, 3.05) is 7.11 Å². The number of phenols is 1. The summed E-state index contributed by atoms with van der Waals surface area (Å²) >= 11 is 0. The molecule has 3 atom stereocenters. The number of hydrogen-bond acceptors (Lipinski definition) is 6. The van der Waals surface area contributed by atoms with E-state index in [4.69, 9.17) is 9.47 Å². The Hall–Kier alpha value is -3.54. The van der Waals surface area contributed by atoms with Gasteiger partial charge in [-0.3, -0.25) is 4.79 Å². The first kappa shape index (κ1) is 23.6. The number of Topliss-reactive ketones (excluding diaryl/α,β-unsaturated/α-hetero) is 1. The van der Waals surface area contributed by atoms with E-state index in [0.29, 0.717) is 36.1 Å². The third-order valence-corrected chi connectivity index (χ3v) is 6.74. The molecule has 2 N–H and O–H groups in total. The minimum absolute atomic E-state index is 0.00832. The van der Waals surface area contributed by atoms with Crippen LogP contribution < -0.4 is 10.1 Å². The van der Waals surface area contributed by atoms with Gasteiger partial charge in [-0.05, 0) is 68.0 Å². The Balaban J connectivity index is 1.75. The lowest BCUT2D eigenvalue weighted by molar-refractivity contribution is -0.144. The Kier molecular flexibility index (Phi) is 6.77. The fourth-order valence-electron chi connectivity index (χ4n) is 4.75. The summed E-state index contributed by atoms with van der Waals surface area (Å²) < 4.78 is 10.9. The maximum absolute atomic E-state index is 13.6. The molecule has 0 amide bonds. The van der Waals surface area contributed by atoms with Crippen LogP contribution in [-0.4, -0.2) is 30.1 Å². The van der Waals surface area contributed by atoms with Gasteiger partial charge in [0.15, 0.2) is 5.78 Å². The van der Waals surface area contributed by atoms with Crippen molar-refractivity contribution < 1.29 is 24.2 Å². The molecule has 0 fully saturated rings.